The van der Waals surface area contributed by atoms with Crippen molar-refractivity contribution in [3.8, 4) is 0 Å². The Labute approximate surface area is 203 Å². The second-order valence-corrected chi connectivity index (χ2v) is 0.500. The van der Waals surface area contributed by atoms with Crippen molar-refractivity contribution in [1.82, 2.24) is 6.15 Å². The monoisotopic (exact) mass is 469 g/mol. The van der Waals surface area contributed by atoms with E-state index in [1.54, 1.807) is 0 Å². The summed E-state index contributed by atoms with van der Waals surface area (Å²) in [4.78, 5) is 16.7. The molecule has 0 aliphatic rings. The summed E-state index contributed by atoms with van der Waals surface area (Å²) < 4.78 is 0. The van der Waals surface area contributed by atoms with Crippen LogP contribution in [0.3, 0.4) is 0 Å². The number of rotatable bonds is 0. The molecule has 3 N–H and O–H groups in total. The fourth-order valence-electron chi connectivity index (χ4n) is 0. The number of carbonyl (C=O) groups excluding carboxylic acids is 2. The summed E-state index contributed by atoms with van der Waals surface area (Å²) in [6, 6.07) is 0. The molecule has 0 aliphatic carbocycles. The van der Waals surface area contributed by atoms with Crippen molar-refractivity contribution < 1.29 is 190 Å². The Morgan fingerprint density at radius 1 is 0.714 bits per heavy atom. The first-order valence-corrected chi connectivity index (χ1v) is 1.22. The number of hydrogen-bond donors (Lipinski definition) is 1. The first kappa shape index (κ1) is 52.3. The van der Waals surface area contributed by atoms with Gasteiger partial charge in [0.05, 0.1) is 0 Å². The van der Waals surface area contributed by atoms with E-state index < -0.39 is 12.3 Å². The molecule has 0 aromatic heterocycles. The molecular formula is C2H3KNNaO6Zr3+10. The third-order valence-corrected chi connectivity index (χ3v) is 0. The predicted octanol–water partition coefficient (Wildman–Crippen LogP) is -10.7. The quantitative estimate of drug-likeness (QED) is 0.342. The molecule has 0 spiro atoms. The maximum absolute atomic E-state index is 8.33. The van der Waals surface area contributed by atoms with Crippen LogP contribution in [0.15, 0.2) is 0 Å². The van der Waals surface area contributed by atoms with Gasteiger partial charge in [0.15, 0.2) is 0 Å². The van der Waals surface area contributed by atoms with Gasteiger partial charge in [-0.2, -0.15) is 0 Å². The summed E-state index contributed by atoms with van der Waals surface area (Å²) in [5, 5.41) is 33.3. The van der Waals surface area contributed by atoms with E-state index in [0.717, 1.165) is 0 Å². The fourth-order valence-corrected chi connectivity index (χ4v) is 0. The number of carboxylic acid groups (broad SMARTS) is 4. The van der Waals surface area contributed by atoms with Gasteiger partial charge in [-0.15, -0.1) is 0 Å². The van der Waals surface area contributed by atoms with Crippen LogP contribution in [0.5, 0.6) is 0 Å². The van der Waals surface area contributed by atoms with Gasteiger partial charge in [-0.3, -0.25) is 0 Å². The molecule has 0 unspecified atom stereocenters. The van der Waals surface area contributed by atoms with Crippen molar-refractivity contribution >= 4 is 12.3 Å². The fraction of sp³-hybridized carbons (Fsp3) is 0. The van der Waals surface area contributed by atoms with Gasteiger partial charge in [0.2, 0.25) is 0 Å². The minimum atomic E-state index is -2.33. The van der Waals surface area contributed by atoms with Crippen molar-refractivity contribution in [2.24, 2.45) is 0 Å². The van der Waals surface area contributed by atoms with Crippen molar-refractivity contribution in [2.75, 3.05) is 0 Å². The van der Waals surface area contributed by atoms with Crippen LogP contribution in [0.1, 0.15) is 0 Å². The van der Waals surface area contributed by atoms with E-state index in [-0.39, 0.29) is 166 Å². The van der Waals surface area contributed by atoms with Crippen LogP contribution < -0.4 is 108 Å². The molecule has 0 bridgehead atoms. The van der Waals surface area contributed by atoms with Gasteiger partial charge in [0.25, 0.3) is 0 Å². The van der Waals surface area contributed by atoms with Gasteiger partial charge in [0.1, 0.15) is 0 Å². The van der Waals surface area contributed by atoms with E-state index >= 15 is 0 Å². The van der Waals surface area contributed by atoms with Gasteiger partial charge >= 0.3 is 160 Å². The minimum Gasteiger partial charge on any atom is -0.652 e. The molecule has 0 aromatic rings. The van der Waals surface area contributed by atoms with Crippen LogP contribution in [0.25, 0.3) is 0 Å². The van der Waals surface area contributed by atoms with Crippen molar-refractivity contribution in [3.05, 3.63) is 0 Å². The second kappa shape index (κ2) is 43.7. The zero-order valence-electron chi connectivity index (χ0n) is 7.66. The first-order valence-electron chi connectivity index (χ1n) is 1.22. The topological polar surface area (TPSA) is 161 Å². The molecule has 0 amide bonds. The van der Waals surface area contributed by atoms with Gasteiger partial charge in [-0.1, -0.05) is 0 Å². The number of hydrogen-bond acceptors (Lipinski definition) is 7. The van der Waals surface area contributed by atoms with Crippen molar-refractivity contribution in [2.45, 2.75) is 0 Å². The van der Waals surface area contributed by atoms with Crippen LogP contribution in [0.2, 0.25) is 0 Å². The molecule has 0 saturated heterocycles. The molecule has 0 radical (unpaired) electrons. The molecule has 0 aliphatic heterocycles. The van der Waals surface area contributed by atoms with E-state index in [9.17, 15) is 0 Å². The first-order chi connectivity index (χ1) is 3.46. The average molecular weight is 473 g/mol. The van der Waals surface area contributed by atoms with Crippen molar-refractivity contribution in [1.29, 1.82) is 0 Å². The molecule has 0 atom stereocenters. The van der Waals surface area contributed by atoms with Gasteiger partial charge in [0, 0.05) is 0 Å². The molecule has 0 fully saturated rings. The Hall–Kier alpha value is 3.79. The summed E-state index contributed by atoms with van der Waals surface area (Å²) >= 11 is 0. The Bertz CT molecular complexity index is 89.1. The summed E-state index contributed by atoms with van der Waals surface area (Å²) in [5.41, 5.74) is 0. The molecule has 12 heteroatoms. The molecule has 0 aromatic carbocycles. The second-order valence-electron chi connectivity index (χ2n) is 0.500. The van der Waals surface area contributed by atoms with E-state index in [0.29, 0.717) is 0 Å². The van der Waals surface area contributed by atoms with Crippen LogP contribution >= 0.6 is 0 Å². The third-order valence-electron chi connectivity index (χ3n) is 0. The maximum Gasteiger partial charge on any atom is 4.00 e. The zero-order valence-corrected chi connectivity index (χ0v) is 20.2. The normalized spacial score (nSPS) is 3.43. The van der Waals surface area contributed by atoms with Gasteiger partial charge < -0.3 is 36.2 Å². The predicted molar refractivity (Wildman–Crippen MR) is 15.8 cm³/mol. The summed E-state index contributed by atoms with van der Waals surface area (Å²) in [6.45, 7) is 0. The SMILES string of the molecule is N.O=C([O-])[O-].O=C([O-])[O-].[K+].[Na+].[Zr+4].[Zr+4].[Zr+4]. The summed E-state index contributed by atoms with van der Waals surface area (Å²) in [5.74, 6) is 0. The Balaban J connectivity index is -0.00000000600. The van der Waals surface area contributed by atoms with Crippen LogP contribution in [0.4, 0.5) is 9.59 Å². The minimum absolute atomic E-state index is 0. The van der Waals surface area contributed by atoms with Crippen LogP contribution in [0, 0.1) is 0 Å². The third kappa shape index (κ3) is 241. The average Bonchev–Trinajstić information content (AvgIpc) is 1.25. The Kier molecular flexibility index (Phi) is 163. The van der Waals surface area contributed by atoms with Gasteiger partial charge in [-0.05, 0) is 12.3 Å². The van der Waals surface area contributed by atoms with E-state index in [1.807, 2.05) is 0 Å². The summed E-state index contributed by atoms with van der Waals surface area (Å²) in [7, 11) is 0. The molecule has 14 heavy (non-hydrogen) atoms. The number of carbonyl (C=O) groups is 2. The Morgan fingerprint density at radius 3 is 0.714 bits per heavy atom. The van der Waals surface area contributed by atoms with E-state index in [2.05, 4.69) is 0 Å². The zero-order chi connectivity index (χ0) is 7.15. The largest absolute Gasteiger partial charge is 4.00 e. The Morgan fingerprint density at radius 2 is 0.714 bits per heavy atom. The van der Waals surface area contributed by atoms with Gasteiger partial charge in [-0.25, -0.2) is 0 Å². The van der Waals surface area contributed by atoms with Crippen LogP contribution in [-0.4, -0.2) is 12.3 Å². The van der Waals surface area contributed by atoms with Crippen LogP contribution in [-0.2, 0) is 78.6 Å². The maximum atomic E-state index is 8.33. The molecule has 0 heterocycles. The van der Waals surface area contributed by atoms with E-state index in [4.69, 9.17) is 30.0 Å². The molecule has 56 valence electrons. The molecular weight excluding hydrogens is 470 g/mol. The summed E-state index contributed by atoms with van der Waals surface area (Å²) in [6.07, 6.45) is -4.67. The smallest absolute Gasteiger partial charge is 0.652 e. The molecule has 0 rings (SSSR count). The van der Waals surface area contributed by atoms with E-state index in [1.165, 1.54) is 0 Å². The standard InChI is InChI=1S/2CH2O3.K.H3N.Na.3Zr/c2*2-1(3)4;;;;;;/h2*(H2,2,3,4);;1H3;;;;/q;;+1;;+1;3*+4/p-4. The van der Waals surface area contributed by atoms with Crippen molar-refractivity contribution in [3.63, 3.8) is 0 Å². The molecule has 7 nitrogen and oxygen atoms in total. The molecule has 0 saturated carbocycles.